The third-order valence-corrected chi connectivity index (χ3v) is 2.64. The van der Waals surface area contributed by atoms with Gasteiger partial charge in [-0.3, -0.25) is 4.79 Å². The number of carboxylic acids is 1. The summed E-state index contributed by atoms with van der Waals surface area (Å²) >= 11 is 0. The van der Waals surface area contributed by atoms with Gasteiger partial charge in [0, 0.05) is 11.4 Å². The molecule has 0 aliphatic heterocycles. The van der Waals surface area contributed by atoms with Crippen LogP contribution in [0.4, 0.5) is 0 Å². The van der Waals surface area contributed by atoms with Crippen molar-refractivity contribution in [2.24, 2.45) is 5.92 Å². The first-order chi connectivity index (χ1) is 7.95. The van der Waals surface area contributed by atoms with Gasteiger partial charge in [0.2, 0.25) is 0 Å². The van der Waals surface area contributed by atoms with Crippen LogP contribution in [0.25, 0.3) is 0 Å². The molecule has 1 N–H and O–H groups in total. The van der Waals surface area contributed by atoms with E-state index in [9.17, 15) is 9.90 Å². The second kappa shape index (κ2) is 5.75. The maximum Gasteiger partial charge on any atom is 0.314 e. The van der Waals surface area contributed by atoms with Gasteiger partial charge in [0.15, 0.2) is 0 Å². The Morgan fingerprint density at radius 1 is 1.41 bits per heavy atom. The summed E-state index contributed by atoms with van der Waals surface area (Å²) in [6, 6.07) is 1.92. The Bertz CT molecular complexity index is 402. The highest BCUT2D eigenvalue weighted by Crippen LogP contribution is 2.22. The predicted molar refractivity (Wildman–Crippen MR) is 66.0 cm³/mol. The second-order valence-corrected chi connectivity index (χ2v) is 4.67. The number of hydrogen-bond donors (Lipinski definition) is 1. The van der Waals surface area contributed by atoms with Gasteiger partial charge < -0.3 is 5.11 Å². The van der Waals surface area contributed by atoms with Gasteiger partial charge in [-0.25, -0.2) is 9.97 Å². The highest BCUT2D eigenvalue weighted by atomic mass is 16.4. The molecule has 0 aromatic carbocycles. The molecule has 1 unspecified atom stereocenters. The first-order valence-corrected chi connectivity index (χ1v) is 6.03. The molecule has 0 saturated carbocycles. The fraction of sp³-hybridized carbons (Fsp3) is 0.615. The van der Waals surface area contributed by atoms with Crippen molar-refractivity contribution in [1.82, 2.24) is 9.97 Å². The molecule has 0 spiro atoms. The first-order valence-electron chi connectivity index (χ1n) is 6.03. The number of aromatic nitrogens is 2. The summed E-state index contributed by atoms with van der Waals surface area (Å²) in [5.74, 6) is -1.04. The zero-order chi connectivity index (χ0) is 13.0. The average Bonchev–Trinajstić information content (AvgIpc) is 2.15. The topological polar surface area (TPSA) is 63.1 Å². The van der Waals surface area contributed by atoms with E-state index in [1.807, 2.05) is 26.8 Å². The number of aryl methyl sites for hydroxylation is 2. The van der Waals surface area contributed by atoms with E-state index in [4.69, 9.17) is 0 Å². The highest BCUT2D eigenvalue weighted by Gasteiger charge is 2.26. The smallest absolute Gasteiger partial charge is 0.314 e. The molecule has 1 heterocycles. The van der Waals surface area contributed by atoms with Crippen molar-refractivity contribution in [2.75, 3.05) is 0 Å². The van der Waals surface area contributed by atoms with E-state index in [1.54, 1.807) is 0 Å². The number of carbonyl (C=O) groups is 1. The standard InChI is InChI=1S/C13H20N2O2/c1-5-6-10-7-9(4)14-12(15-10)11(8(2)3)13(16)17/h7-8,11H,5-6H2,1-4H3,(H,16,17). The van der Waals surface area contributed by atoms with Gasteiger partial charge in [-0.05, 0) is 25.3 Å². The fourth-order valence-electron chi connectivity index (χ4n) is 1.88. The minimum Gasteiger partial charge on any atom is -0.481 e. The van der Waals surface area contributed by atoms with E-state index in [2.05, 4.69) is 16.9 Å². The van der Waals surface area contributed by atoms with Gasteiger partial charge in [-0.1, -0.05) is 27.2 Å². The summed E-state index contributed by atoms with van der Waals surface area (Å²) in [5, 5.41) is 9.23. The summed E-state index contributed by atoms with van der Waals surface area (Å²) in [7, 11) is 0. The molecule has 0 saturated heterocycles. The molecule has 17 heavy (non-hydrogen) atoms. The Morgan fingerprint density at radius 2 is 2.06 bits per heavy atom. The average molecular weight is 236 g/mol. The van der Waals surface area contributed by atoms with Crippen molar-refractivity contribution in [3.05, 3.63) is 23.3 Å². The van der Waals surface area contributed by atoms with Crippen LogP contribution in [-0.2, 0) is 11.2 Å². The number of aliphatic carboxylic acids is 1. The van der Waals surface area contributed by atoms with Crippen LogP contribution < -0.4 is 0 Å². The normalized spacial score (nSPS) is 12.8. The lowest BCUT2D eigenvalue weighted by molar-refractivity contribution is -0.140. The molecule has 0 amide bonds. The van der Waals surface area contributed by atoms with Crippen LogP contribution in [0, 0.1) is 12.8 Å². The molecule has 0 aliphatic rings. The van der Waals surface area contributed by atoms with E-state index in [0.717, 1.165) is 24.2 Å². The van der Waals surface area contributed by atoms with Crippen LogP contribution in [0.3, 0.4) is 0 Å². The van der Waals surface area contributed by atoms with Crippen molar-refractivity contribution in [3.8, 4) is 0 Å². The molecular weight excluding hydrogens is 216 g/mol. The molecule has 4 nitrogen and oxygen atoms in total. The summed E-state index contributed by atoms with van der Waals surface area (Å²) in [6.45, 7) is 7.71. The molecule has 0 bridgehead atoms. The third-order valence-electron chi connectivity index (χ3n) is 2.64. The molecule has 0 radical (unpaired) electrons. The summed E-state index contributed by atoms with van der Waals surface area (Å²) < 4.78 is 0. The van der Waals surface area contributed by atoms with Crippen molar-refractivity contribution in [3.63, 3.8) is 0 Å². The van der Waals surface area contributed by atoms with E-state index >= 15 is 0 Å². The van der Waals surface area contributed by atoms with Crippen LogP contribution in [0.15, 0.2) is 6.07 Å². The Labute approximate surface area is 102 Å². The Balaban J connectivity index is 3.14. The maximum atomic E-state index is 11.2. The largest absolute Gasteiger partial charge is 0.481 e. The van der Waals surface area contributed by atoms with E-state index in [0.29, 0.717) is 5.82 Å². The van der Waals surface area contributed by atoms with Crippen molar-refractivity contribution < 1.29 is 9.90 Å². The molecular formula is C13H20N2O2. The maximum absolute atomic E-state index is 11.2. The molecule has 94 valence electrons. The number of hydrogen-bond acceptors (Lipinski definition) is 3. The summed E-state index contributed by atoms with van der Waals surface area (Å²) in [5.41, 5.74) is 1.77. The molecule has 1 aromatic rings. The molecule has 0 fully saturated rings. The van der Waals surface area contributed by atoms with Gasteiger partial charge in [0.1, 0.15) is 11.7 Å². The zero-order valence-corrected chi connectivity index (χ0v) is 10.9. The SMILES string of the molecule is CCCc1cc(C)nc(C(C(=O)O)C(C)C)n1. The van der Waals surface area contributed by atoms with Crippen LogP contribution in [-0.4, -0.2) is 21.0 Å². The van der Waals surface area contributed by atoms with Gasteiger partial charge in [0.05, 0.1) is 0 Å². The number of rotatable bonds is 5. The first kappa shape index (κ1) is 13.6. The third kappa shape index (κ3) is 3.51. The minimum absolute atomic E-state index is 0.0104. The fourth-order valence-corrected chi connectivity index (χ4v) is 1.88. The van der Waals surface area contributed by atoms with Gasteiger partial charge in [-0.2, -0.15) is 0 Å². The Morgan fingerprint density at radius 3 is 2.53 bits per heavy atom. The molecule has 1 aromatic heterocycles. The van der Waals surface area contributed by atoms with E-state index in [-0.39, 0.29) is 5.92 Å². The van der Waals surface area contributed by atoms with Crippen molar-refractivity contribution in [2.45, 2.75) is 46.5 Å². The van der Waals surface area contributed by atoms with Gasteiger partial charge >= 0.3 is 5.97 Å². The lowest BCUT2D eigenvalue weighted by Gasteiger charge is -2.16. The Kier molecular flexibility index (Phi) is 4.61. The quantitative estimate of drug-likeness (QED) is 0.853. The summed E-state index contributed by atoms with van der Waals surface area (Å²) in [4.78, 5) is 19.9. The lowest BCUT2D eigenvalue weighted by Crippen LogP contribution is -2.21. The zero-order valence-electron chi connectivity index (χ0n) is 10.9. The van der Waals surface area contributed by atoms with Crippen LogP contribution in [0.5, 0.6) is 0 Å². The summed E-state index contributed by atoms with van der Waals surface area (Å²) in [6.07, 6.45) is 1.86. The van der Waals surface area contributed by atoms with E-state index in [1.165, 1.54) is 0 Å². The molecule has 4 heteroatoms. The van der Waals surface area contributed by atoms with Gasteiger partial charge in [-0.15, -0.1) is 0 Å². The Hall–Kier alpha value is -1.45. The predicted octanol–water partition coefficient (Wildman–Crippen LogP) is 2.56. The second-order valence-electron chi connectivity index (χ2n) is 4.67. The van der Waals surface area contributed by atoms with Crippen molar-refractivity contribution >= 4 is 5.97 Å². The molecule has 1 atom stereocenters. The monoisotopic (exact) mass is 236 g/mol. The van der Waals surface area contributed by atoms with Crippen LogP contribution >= 0.6 is 0 Å². The van der Waals surface area contributed by atoms with Crippen LogP contribution in [0.1, 0.15) is 50.3 Å². The number of carboxylic acid groups (broad SMARTS) is 1. The lowest BCUT2D eigenvalue weighted by atomic mass is 9.95. The molecule has 1 rings (SSSR count). The van der Waals surface area contributed by atoms with E-state index < -0.39 is 11.9 Å². The van der Waals surface area contributed by atoms with Crippen LogP contribution in [0.2, 0.25) is 0 Å². The van der Waals surface area contributed by atoms with Gasteiger partial charge in [0.25, 0.3) is 0 Å². The minimum atomic E-state index is -0.854. The number of nitrogens with zero attached hydrogens (tertiary/aromatic N) is 2. The molecule has 0 aliphatic carbocycles. The highest BCUT2D eigenvalue weighted by molar-refractivity contribution is 5.75. The van der Waals surface area contributed by atoms with Crippen molar-refractivity contribution in [1.29, 1.82) is 0 Å².